The zero-order chi connectivity index (χ0) is 13.2. The van der Waals surface area contributed by atoms with Gasteiger partial charge >= 0.3 is 0 Å². The molecule has 0 saturated carbocycles. The molecule has 0 bridgehead atoms. The largest absolute Gasteiger partial charge is 0.301 e. The van der Waals surface area contributed by atoms with Gasteiger partial charge in [0.1, 0.15) is 11.4 Å². The first-order valence-corrected chi connectivity index (χ1v) is 7.08. The Hall–Kier alpha value is -1.65. The number of hydrogen-bond donors (Lipinski definition) is 0. The molecule has 1 aromatic rings. The van der Waals surface area contributed by atoms with Crippen LogP contribution >= 0.6 is 0 Å². The lowest BCUT2D eigenvalue weighted by Crippen LogP contribution is -2.34. The van der Waals surface area contributed by atoms with E-state index in [4.69, 9.17) is 5.26 Å². The first kappa shape index (κ1) is 12.8. The highest BCUT2D eigenvalue weighted by Crippen LogP contribution is 2.17. The van der Waals surface area contributed by atoms with E-state index in [1.165, 1.54) is 22.6 Å². The third-order valence-electron chi connectivity index (χ3n) is 2.91. The predicted octanol–water partition coefficient (Wildman–Crippen LogP) is 0.156. The third-order valence-corrected chi connectivity index (χ3v) is 4.82. The lowest BCUT2D eigenvalue weighted by atomic mass is 10.4. The smallest absolute Gasteiger partial charge is 0.271 e. The first-order valence-electron chi connectivity index (χ1n) is 5.64. The molecule has 6 nitrogen and oxygen atoms in total. The van der Waals surface area contributed by atoms with Gasteiger partial charge in [-0.15, -0.1) is 0 Å². The van der Waals surface area contributed by atoms with Gasteiger partial charge < -0.3 is 4.57 Å². The number of nitriles is 1. The molecule has 2 heterocycles. The van der Waals surface area contributed by atoms with Gasteiger partial charge in [-0.3, -0.25) is 4.79 Å². The van der Waals surface area contributed by atoms with Crippen molar-refractivity contribution in [1.29, 1.82) is 5.26 Å². The standard InChI is InChI=1S/C11H13N3O3S/c12-5-9-13-6-3-4-10(11(13)15)18(16,17)14-7-1-2-8-14/h3-4,6H,1-2,7-9H2. The molecule has 2 rings (SSSR count). The number of pyridine rings is 1. The predicted molar refractivity (Wildman–Crippen MR) is 64.3 cm³/mol. The lowest BCUT2D eigenvalue weighted by Gasteiger charge is -2.15. The summed E-state index contributed by atoms with van der Waals surface area (Å²) in [6.07, 6.45) is 3.05. The third kappa shape index (κ3) is 2.17. The highest BCUT2D eigenvalue weighted by molar-refractivity contribution is 7.89. The monoisotopic (exact) mass is 267 g/mol. The molecule has 1 saturated heterocycles. The van der Waals surface area contributed by atoms with Crippen molar-refractivity contribution in [3.63, 3.8) is 0 Å². The number of aromatic nitrogens is 1. The van der Waals surface area contributed by atoms with Crippen molar-refractivity contribution in [3.8, 4) is 6.07 Å². The molecule has 7 heteroatoms. The van der Waals surface area contributed by atoms with Crippen LogP contribution in [0.15, 0.2) is 28.0 Å². The Kier molecular flexibility index (Phi) is 3.50. The minimum absolute atomic E-state index is 0.151. The molecule has 0 N–H and O–H groups in total. The van der Waals surface area contributed by atoms with E-state index in [1.807, 2.05) is 6.07 Å². The fourth-order valence-corrected chi connectivity index (χ4v) is 3.58. The van der Waals surface area contributed by atoms with E-state index in [-0.39, 0.29) is 11.4 Å². The Morgan fingerprint density at radius 2 is 2.00 bits per heavy atom. The zero-order valence-electron chi connectivity index (χ0n) is 9.74. The Balaban J connectivity index is 2.48. The van der Waals surface area contributed by atoms with Crippen LogP contribution < -0.4 is 5.56 Å². The fourth-order valence-electron chi connectivity index (χ4n) is 1.98. The summed E-state index contributed by atoms with van der Waals surface area (Å²) in [5.74, 6) is 0. The van der Waals surface area contributed by atoms with Crippen LogP contribution in [0.1, 0.15) is 12.8 Å². The van der Waals surface area contributed by atoms with Gasteiger partial charge in [0.2, 0.25) is 10.0 Å². The quantitative estimate of drug-likeness (QED) is 0.780. The van der Waals surface area contributed by atoms with Gasteiger partial charge in [-0.2, -0.15) is 9.57 Å². The van der Waals surface area contributed by atoms with Gasteiger partial charge in [-0.05, 0) is 25.0 Å². The van der Waals surface area contributed by atoms with Crippen molar-refractivity contribution in [2.24, 2.45) is 0 Å². The molecule has 0 aliphatic carbocycles. The molecule has 1 fully saturated rings. The molecular weight excluding hydrogens is 254 g/mol. The van der Waals surface area contributed by atoms with Crippen molar-refractivity contribution >= 4 is 10.0 Å². The Morgan fingerprint density at radius 1 is 1.33 bits per heavy atom. The van der Waals surface area contributed by atoms with Crippen LogP contribution in [0, 0.1) is 11.3 Å². The van der Waals surface area contributed by atoms with E-state index in [9.17, 15) is 13.2 Å². The van der Waals surface area contributed by atoms with Crippen LogP contribution in [-0.2, 0) is 16.6 Å². The molecule has 0 unspecified atom stereocenters. The number of hydrogen-bond acceptors (Lipinski definition) is 4. The van der Waals surface area contributed by atoms with Gasteiger partial charge in [-0.1, -0.05) is 0 Å². The topological polar surface area (TPSA) is 83.2 Å². The molecule has 0 amide bonds. The number of sulfonamides is 1. The van der Waals surface area contributed by atoms with Crippen molar-refractivity contribution in [3.05, 3.63) is 28.7 Å². The van der Waals surface area contributed by atoms with Crippen molar-refractivity contribution in [2.75, 3.05) is 13.1 Å². The molecule has 0 spiro atoms. The van der Waals surface area contributed by atoms with E-state index in [1.54, 1.807) is 0 Å². The van der Waals surface area contributed by atoms with Crippen LogP contribution in [-0.4, -0.2) is 30.4 Å². The summed E-state index contributed by atoms with van der Waals surface area (Å²) >= 11 is 0. The maximum atomic E-state index is 12.2. The van der Waals surface area contributed by atoms with Gasteiger partial charge in [0.25, 0.3) is 5.56 Å². The molecule has 0 atom stereocenters. The van der Waals surface area contributed by atoms with E-state index >= 15 is 0 Å². The Morgan fingerprint density at radius 3 is 2.61 bits per heavy atom. The highest BCUT2D eigenvalue weighted by atomic mass is 32.2. The molecule has 18 heavy (non-hydrogen) atoms. The zero-order valence-corrected chi connectivity index (χ0v) is 10.6. The van der Waals surface area contributed by atoms with Gasteiger partial charge in [0.15, 0.2) is 0 Å². The average molecular weight is 267 g/mol. The van der Waals surface area contributed by atoms with Crippen LogP contribution in [0.2, 0.25) is 0 Å². The molecular formula is C11H13N3O3S. The Bertz CT molecular complexity index is 636. The number of rotatable bonds is 3. The van der Waals surface area contributed by atoms with Gasteiger partial charge in [0, 0.05) is 19.3 Å². The summed E-state index contributed by atoms with van der Waals surface area (Å²) in [5, 5.41) is 8.58. The summed E-state index contributed by atoms with van der Waals surface area (Å²) in [7, 11) is -3.72. The maximum Gasteiger partial charge on any atom is 0.271 e. The van der Waals surface area contributed by atoms with E-state index in [2.05, 4.69) is 0 Å². The number of nitrogens with zero attached hydrogens (tertiary/aromatic N) is 3. The normalized spacial score (nSPS) is 16.6. The molecule has 1 aliphatic heterocycles. The minimum Gasteiger partial charge on any atom is -0.301 e. The molecule has 0 radical (unpaired) electrons. The molecule has 1 aromatic heterocycles. The maximum absolute atomic E-state index is 12.2. The molecule has 1 aliphatic rings. The highest BCUT2D eigenvalue weighted by Gasteiger charge is 2.29. The lowest BCUT2D eigenvalue weighted by molar-refractivity contribution is 0.475. The van der Waals surface area contributed by atoms with E-state index in [0.717, 1.165) is 17.4 Å². The van der Waals surface area contributed by atoms with Crippen LogP contribution in [0.25, 0.3) is 0 Å². The van der Waals surface area contributed by atoms with E-state index in [0.29, 0.717) is 13.1 Å². The second kappa shape index (κ2) is 4.92. The van der Waals surface area contributed by atoms with Crippen LogP contribution in [0.5, 0.6) is 0 Å². The van der Waals surface area contributed by atoms with Gasteiger partial charge in [0.05, 0.1) is 6.07 Å². The molecule has 96 valence electrons. The summed E-state index contributed by atoms with van der Waals surface area (Å²) in [6, 6.07) is 4.60. The van der Waals surface area contributed by atoms with Crippen LogP contribution in [0.4, 0.5) is 0 Å². The summed E-state index contributed by atoms with van der Waals surface area (Å²) < 4.78 is 26.9. The summed E-state index contributed by atoms with van der Waals surface area (Å²) in [4.78, 5) is 11.7. The van der Waals surface area contributed by atoms with Crippen molar-refractivity contribution in [2.45, 2.75) is 24.3 Å². The molecule has 0 aromatic carbocycles. The first-order chi connectivity index (χ1) is 8.57. The van der Waals surface area contributed by atoms with Crippen LogP contribution in [0.3, 0.4) is 0 Å². The van der Waals surface area contributed by atoms with E-state index < -0.39 is 15.6 Å². The minimum atomic E-state index is -3.72. The second-order valence-corrected chi connectivity index (χ2v) is 5.98. The Labute approximate surface area is 105 Å². The summed E-state index contributed by atoms with van der Waals surface area (Å²) in [6.45, 7) is 0.756. The van der Waals surface area contributed by atoms with Crippen molar-refractivity contribution < 1.29 is 8.42 Å². The summed E-state index contributed by atoms with van der Waals surface area (Å²) in [5.41, 5.74) is -0.633. The average Bonchev–Trinajstić information content (AvgIpc) is 2.86. The SMILES string of the molecule is N#CCn1cccc(S(=O)(=O)N2CCCC2)c1=O. The van der Waals surface area contributed by atoms with Crippen molar-refractivity contribution in [1.82, 2.24) is 8.87 Å². The fraction of sp³-hybridized carbons (Fsp3) is 0.455. The van der Waals surface area contributed by atoms with Gasteiger partial charge in [-0.25, -0.2) is 8.42 Å². The second-order valence-electron chi connectivity index (χ2n) is 4.07.